The summed E-state index contributed by atoms with van der Waals surface area (Å²) in [5, 5.41) is 3.59. The molecule has 0 aliphatic heterocycles. The fourth-order valence-electron chi connectivity index (χ4n) is 1.21. The Morgan fingerprint density at radius 2 is 2.33 bits per heavy atom. The van der Waals surface area contributed by atoms with Gasteiger partial charge in [-0.3, -0.25) is 9.51 Å². The molecule has 0 fully saturated rings. The van der Waals surface area contributed by atoms with Gasteiger partial charge in [-0.1, -0.05) is 21.1 Å². The zero-order chi connectivity index (χ0) is 10.8. The number of methoxy groups -OCH3 is 1. The molecule has 1 aromatic heterocycles. The summed E-state index contributed by atoms with van der Waals surface area (Å²) in [6.45, 7) is 0. The van der Waals surface area contributed by atoms with Crippen molar-refractivity contribution in [2.24, 2.45) is 0 Å². The van der Waals surface area contributed by atoms with E-state index in [2.05, 4.69) is 30.6 Å². The molecular weight excluding hydrogens is 264 g/mol. The first kappa shape index (κ1) is 9.97. The molecule has 2 aromatic rings. The average Bonchev–Trinajstić information content (AvgIpc) is 2.64. The topological polar surface area (TPSA) is 68.1 Å². The van der Waals surface area contributed by atoms with Gasteiger partial charge in [0.05, 0.1) is 12.7 Å². The predicted octanol–water partition coefficient (Wildman–Crippen LogP) is 1.80. The van der Waals surface area contributed by atoms with E-state index in [0.29, 0.717) is 17.1 Å². The average molecular weight is 271 g/mol. The lowest BCUT2D eigenvalue weighted by Gasteiger charge is -2.04. The maximum absolute atomic E-state index is 10.8. The second kappa shape index (κ2) is 3.90. The van der Waals surface area contributed by atoms with Gasteiger partial charge in [-0.05, 0) is 18.2 Å². The highest BCUT2D eigenvalue weighted by Gasteiger charge is 2.10. The summed E-state index contributed by atoms with van der Waals surface area (Å²) in [5.74, 6) is 0.369. The number of H-pyrrole nitrogens is 1. The highest BCUT2D eigenvalue weighted by Crippen LogP contribution is 2.29. The van der Waals surface area contributed by atoms with Crippen molar-refractivity contribution < 1.29 is 9.26 Å². The number of nitrogens with zero attached hydrogens (tertiary/aromatic N) is 1. The molecule has 0 bridgehead atoms. The Kier molecular flexibility index (Phi) is 2.59. The van der Waals surface area contributed by atoms with E-state index in [-0.39, 0.29) is 0 Å². The summed E-state index contributed by atoms with van der Waals surface area (Å²) in [5.41, 5.74) is 0.673. The zero-order valence-corrected chi connectivity index (χ0v) is 9.37. The molecule has 0 amide bonds. The monoisotopic (exact) mass is 270 g/mol. The summed E-state index contributed by atoms with van der Waals surface area (Å²) >= 11 is 3.32. The van der Waals surface area contributed by atoms with Crippen LogP contribution in [0.4, 0.5) is 0 Å². The van der Waals surface area contributed by atoms with Crippen LogP contribution in [0.5, 0.6) is 5.75 Å². The highest BCUT2D eigenvalue weighted by atomic mass is 79.9. The molecule has 0 radical (unpaired) electrons. The highest BCUT2D eigenvalue weighted by molar-refractivity contribution is 9.10. The van der Waals surface area contributed by atoms with Gasteiger partial charge in [-0.2, -0.15) is 0 Å². The molecule has 15 heavy (non-hydrogen) atoms. The third kappa shape index (κ3) is 1.94. The van der Waals surface area contributed by atoms with Crippen LogP contribution in [0.2, 0.25) is 0 Å². The van der Waals surface area contributed by atoms with Gasteiger partial charge in [-0.25, -0.2) is 4.79 Å². The van der Waals surface area contributed by atoms with E-state index >= 15 is 0 Å². The first-order valence-corrected chi connectivity index (χ1v) is 4.90. The number of aromatic amines is 1. The Bertz CT molecular complexity index is 532. The van der Waals surface area contributed by atoms with Gasteiger partial charge < -0.3 is 4.74 Å². The number of halogens is 1. The lowest BCUT2D eigenvalue weighted by molar-refractivity contribution is 0.386. The molecule has 2 rings (SSSR count). The van der Waals surface area contributed by atoms with Gasteiger partial charge in [0.2, 0.25) is 0 Å². The maximum Gasteiger partial charge on any atom is 0.439 e. The van der Waals surface area contributed by atoms with Gasteiger partial charge in [0, 0.05) is 4.47 Å². The minimum atomic E-state index is -0.588. The molecular formula is C9H7BrN2O3. The van der Waals surface area contributed by atoms with E-state index in [9.17, 15) is 4.79 Å². The van der Waals surface area contributed by atoms with Crippen LogP contribution in [0.1, 0.15) is 0 Å². The van der Waals surface area contributed by atoms with Crippen LogP contribution < -0.4 is 10.5 Å². The van der Waals surface area contributed by atoms with Crippen LogP contribution >= 0.6 is 15.9 Å². The third-order valence-corrected chi connectivity index (χ3v) is 2.35. The van der Waals surface area contributed by atoms with Gasteiger partial charge >= 0.3 is 5.76 Å². The SMILES string of the molecule is COc1cc(Br)ccc1-c1noc(=O)[nH]1. The van der Waals surface area contributed by atoms with Crippen molar-refractivity contribution in [3.05, 3.63) is 33.2 Å². The van der Waals surface area contributed by atoms with Gasteiger partial charge in [0.1, 0.15) is 5.75 Å². The Balaban J connectivity index is 2.57. The van der Waals surface area contributed by atoms with Crippen LogP contribution in [-0.2, 0) is 0 Å². The van der Waals surface area contributed by atoms with Crippen molar-refractivity contribution in [3.8, 4) is 17.1 Å². The summed E-state index contributed by atoms with van der Waals surface area (Å²) in [4.78, 5) is 13.3. The predicted molar refractivity (Wildman–Crippen MR) is 56.8 cm³/mol. The number of hydrogen-bond acceptors (Lipinski definition) is 4. The van der Waals surface area contributed by atoms with E-state index < -0.39 is 5.76 Å². The fraction of sp³-hybridized carbons (Fsp3) is 0.111. The molecule has 0 atom stereocenters. The number of benzene rings is 1. The van der Waals surface area contributed by atoms with E-state index in [1.807, 2.05) is 6.07 Å². The molecule has 1 aromatic carbocycles. The van der Waals surface area contributed by atoms with E-state index in [4.69, 9.17) is 4.74 Å². The lowest BCUT2D eigenvalue weighted by atomic mass is 10.2. The van der Waals surface area contributed by atoms with Crippen molar-refractivity contribution in [1.82, 2.24) is 10.1 Å². The molecule has 0 spiro atoms. The van der Waals surface area contributed by atoms with Crippen LogP contribution in [0.25, 0.3) is 11.4 Å². The molecule has 6 heteroatoms. The maximum atomic E-state index is 10.8. The Hall–Kier alpha value is -1.56. The van der Waals surface area contributed by atoms with Crippen molar-refractivity contribution in [1.29, 1.82) is 0 Å². The summed E-state index contributed by atoms with van der Waals surface area (Å²) < 4.78 is 10.5. The van der Waals surface area contributed by atoms with Crippen LogP contribution in [0.15, 0.2) is 32.0 Å². The Labute approximate surface area is 93.2 Å². The number of nitrogens with one attached hydrogen (secondary N) is 1. The van der Waals surface area contributed by atoms with E-state index in [1.165, 1.54) is 0 Å². The molecule has 0 saturated heterocycles. The van der Waals surface area contributed by atoms with E-state index in [1.54, 1.807) is 19.2 Å². The second-order valence-electron chi connectivity index (χ2n) is 2.79. The molecule has 1 heterocycles. The van der Waals surface area contributed by atoms with Crippen molar-refractivity contribution in [2.75, 3.05) is 7.11 Å². The summed E-state index contributed by atoms with van der Waals surface area (Å²) in [7, 11) is 1.55. The third-order valence-electron chi connectivity index (χ3n) is 1.86. The lowest BCUT2D eigenvalue weighted by Crippen LogP contribution is -1.95. The standard InChI is InChI=1S/C9H7BrN2O3/c1-14-7-4-5(10)2-3-6(7)8-11-9(13)15-12-8/h2-4H,1H3,(H,11,12,13). The zero-order valence-electron chi connectivity index (χ0n) is 7.78. The van der Waals surface area contributed by atoms with Gasteiger partial charge in [0.15, 0.2) is 5.82 Å². The minimum Gasteiger partial charge on any atom is -0.496 e. The quantitative estimate of drug-likeness (QED) is 0.904. The van der Waals surface area contributed by atoms with Crippen LogP contribution in [0.3, 0.4) is 0 Å². The second-order valence-corrected chi connectivity index (χ2v) is 3.70. The first-order chi connectivity index (χ1) is 7.20. The fourth-order valence-corrected chi connectivity index (χ4v) is 1.55. The molecule has 0 aliphatic carbocycles. The van der Waals surface area contributed by atoms with Crippen LogP contribution in [-0.4, -0.2) is 17.3 Å². The van der Waals surface area contributed by atoms with E-state index in [0.717, 1.165) is 4.47 Å². The normalized spacial score (nSPS) is 10.3. The van der Waals surface area contributed by atoms with Crippen molar-refractivity contribution in [3.63, 3.8) is 0 Å². The molecule has 0 saturated carbocycles. The number of aromatic nitrogens is 2. The first-order valence-electron chi connectivity index (χ1n) is 4.10. The molecule has 1 N–H and O–H groups in total. The number of ether oxygens (including phenoxy) is 1. The Morgan fingerprint density at radius 3 is 2.93 bits per heavy atom. The smallest absolute Gasteiger partial charge is 0.439 e. The largest absolute Gasteiger partial charge is 0.496 e. The Morgan fingerprint density at radius 1 is 1.53 bits per heavy atom. The molecule has 0 unspecified atom stereocenters. The van der Waals surface area contributed by atoms with Crippen molar-refractivity contribution >= 4 is 15.9 Å². The molecule has 5 nitrogen and oxygen atoms in total. The van der Waals surface area contributed by atoms with Gasteiger partial charge in [0.25, 0.3) is 0 Å². The molecule has 0 aliphatic rings. The van der Waals surface area contributed by atoms with Crippen LogP contribution in [0, 0.1) is 0 Å². The number of hydrogen-bond donors (Lipinski definition) is 1. The summed E-state index contributed by atoms with van der Waals surface area (Å²) in [6, 6.07) is 5.38. The summed E-state index contributed by atoms with van der Waals surface area (Å²) in [6.07, 6.45) is 0. The number of rotatable bonds is 2. The van der Waals surface area contributed by atoms with Crippen molar-refractivity contribution in [2.45, 2.75) is 0 Å². The molecule has 78 valence electrons. The minimum absolute atomic E-state index is 0.351. The van der Waals surface area contributed by atoms with Gasteiger partial charge in [-0.15, -0.1) is 0 Å².